The van der Waals surface area contributed by atoms with Gasteiger partial charge in [-0.15, -0.1) is 0 Å². The van der Waals surface area contributed by atoms with Gasteiger partial charge in [0.25, 0.3) is 0 Å². The van der Waals surface area contributed by atoms with Crippen LogP contribution in [0.25, 0.3) is 0 Å². The molecule has 0 aliphatic heterocycles. The average molecular weight is 240 g/mol. The van der Waals surface area contributed by atoms with Crippen molar-refractivity contribution < 1.29 is 14.0 Å². The van der Waals surface area contributed by atoms with Gasteiger partial charge in [-0.1, -0.05) is 32.9 Å². The molecule has 0 aromatic heterocycles. The van der Waals surface area contributed by atoms with E-state index in [2.05, 4.69) is 15.6 Å². The zero-order chi connectivity index (χ0) is 13.1. The van der Waals surface area contributed by atoms with Crippen molar-refractivity contribution in [3.63, 3.8) is 0 Å². The second-order valence-electron chi connectivity index (χ2n) is 4.67. The Kier molecular flexibility index (Phi) is 4.07. The van der Waals surface area contributed by atoms with Crippen LogP contribution in [0.4, 0.5) is 14.9 Å². The highest BCUT2D eigenvalue weighted by Gasteiger charge is 2.21. The van der Waals surface area contributed by atoms with Gasteiger partial charge < -0.3 is 5.32 Å². The minimum Gasteiger partial charge on any atom is -0.303 e. The van der Waals surface area contributed by atoms with Crippen LogP contribution in [0.5, 0.6) is 0 Å². The summed E-state index contributed by atoms with van der Waals surface area (Å²) in [6.07, 6.45) is 0. The molecule has 0 radical (unpaired) electrons. The first-order chi connectivity index (χ1) is 7.86. The summed E-state index contributed by atoms with van der Waals surface area (Å²) in [5, 5.41) is 2.44. The summed E-state index contributed by atoms with van der Waals surface area (Å²) in [5.41, 5.74) is 2.72. The molecule has 0 spiro atoms. The number of nitrogens with one attached hydrogen (secondary N) is 2. The van der Waals surface area contributed by atoms with Crippen molar-refractivity contribution in [2.24, 2.45) is 0 Å². The molecule has 94 valence electrons. The predicted octanol–water partition coefficient (Wildman–Crippen LogP) is 2.81. The molecule has 0 saturated carbocycles. The fourth-order valence-corrected chi connectivity index (χ4v) is 1.51. The molecule has 1 rings (SSSR count). The van der Waals surface area contributed by atoms with Crippen LogP contribution in [0.2, 0.25) is 0 Å². The Labute approximate surface area is 100 Å². The molecular formula is C12H17FN2O2. The number of hydroxylamine groups is 1. The van der Waals surface area contributed by atoms with Crippen LogP contribution < -0.4 is 10.8 Å². The molecule has 0 saturated heterocycles. The maximum absolute atomic E-state index is 13.7. The summed E-state index contributed by atoms with van der Waals surface area (Å²) in [6.45, 7) is 5.84. The monoisotopic (exact) mass is 240 g/mol. The van der Waals surface area contributed by atoms with Crippen LogP contribution >= 0.6 is 0 Å². The maximum atomic E-state index is 13.7. The van der Waals surface area contributed by atoms with Gasteiger partial charge in [0.2, 0.25) is 0 Å². The van der Waals surface area contributed by atoms with Crippen molar-refractivity contribution in [1.82, 2.24) is 5.48 Å². The van der Waals surface area contributed by atoms with Crippen LogP contribution in [0.1, 0.15) is 26.3 Å². The molecule has 0 aliphatic carbocycles. The third-order valence-electron chi connectivity index (χ3n) is 2.25. The van der Waals surface area contributed by atoms with E-state index in [9.17, 15) is 9.18 Å². The fraction of sp³-hybridized carbons (Fsp3) is 0.417. The Morgan fingerprint density at radius 1 is 1.35 bits per heavy atom. The van der Waals surface area contributed by atoms with Gasteiger partial charge in [0.15, 0.2) is 0 Å². The second kappa shape index (κ2) is 5.14. The number of urea groups is 1. The Hall–Kier alpha value is -1.62. The lowest BCUT2D eigenvalue weighted by molar-refractivity contribution is 0.114. The van der Waals surface area contributed by atoms with E-state index in [1.165, 1.54) is 13.2 Å². The largest absolute Gasteiger partial charge is 0.343 e. The summed E-state index contributed by atoms with van der Waals surface area (Å²) < 4.78 is 13.7. The van der Waals surface area contributed by atoms with E-state index < -0.39 is 11.8 Å². The molecule has 0 unspecified atom stereocenters. The lowest BCUT2D eigenvalue weighted by Gasteiger charge is -2.23. The normalized spacial score (nSPS) is 11.1. The van der Waals surface area contributed by atoms with Crippen LogP contribution in [-0.2, 0) is 10.3 Å². The number of carbonyl (C=O) groups is 1. The number of hydrogen-bond donors (Lipinski definition) is 2. The quantitative estimate of drug-likeness (QED) is 0.781. The molecule has 1 aromatic carbocycles. The number of rotatable bonds is 2. The zero-order valence-electron chi connectivity index (χ0n) is 10.4. The highest BCUT2D eigenvalue weighted by atomic mass is 19.1. The molecule has 0 bridgehead atoms. The minimum atomic E-state index is -0.608. The van der Waals surface area contributed by atoms with Gasteiger partial charge >= 0.3 is 6.03 Å². The first kappa shape index (κ1) is 13.4. The van der Waals surface area contributed by atoms with Crippen molar-refractivity contribution >= 4 is 11.7 Å². The van der Waals surface area contributed by atoms with E-state index in [1.807, 2.05) is 20.8 Å². The number of carbonyl (C=O) groups excluding carboxylic acids is 1. The van der Waals surface area contributed by atoms with Crippen molar-refractivity contribution in [3.05, 3.63) is 29.6 Å². The third-order valence-corrected chi connectivity index (χ3v) is 2.25. The molecule has 0 atom stereocenters. The molecule has 2 amide bonds. The average Bonchev–Trinajstić information content (AvgIpc) is 2.19. The Morgan fingerprint density at radius 2 is 2.00 bits per heavy atom. The number of para-hydroxylation sites is 1. The number of halogens is 1. The fourth-order valence-electron chi connectivity index (χ4n) is 1.51. The lowest BCUT2D eigenvalue weighted by Crippen LogP contribution is -2.29. The van der Waals surface area contributed by atoms with Crippen molar-refractivity contribution in [1.29, 1.82) is 0 Å². The molecule has 4 nitrogen and oxygen atoms in total. The highest BCUT2D eigenvalue weighted by molar-refractivity contribution is 5.89. The lowest BCUT2D eigenvalue weighted by atomic mass is 9.85. The van der Waals surface area contributed by atoms with Crippen molar-refractivity contribution in [2.45, 2.75) is 26.2 Å². The number of benzene rings is 1. The molecule has 5 heteroatoms. The number of amides is 2. The Balaban J connectivity index is 3.09. The third kappa shape index (κ3) is 3.42. The second-order valence-corrected chi connectivity index (χ2v) is 4.67. The molecule has 0 heterocycles. The van der Waals surface area contributed by atoms with Gasteiger partial charge in [-0.3, -0.25) is 4.84 Å². The SMILES string of the molecule is CONC(=O)Nc1c(F)cccc1C(C)(C)C. The Morgan fingerprint density at radius 3 is 2.53 bits per heavy atom. The van der Waals surface area contributed by atoms with Crippen LogP contribution in [-0.4, -0.2) is 13.1 Å². The first-order valence-electron chi connectivity index (χ1n) is 5.25. The topological polar surface area (TPSA) is 50.4 Å². The van der Waals surface area contributed by atoms with Crippen LogP contribution in [0.3, 0.4) is 0 Å². The molecule has 17 heavy (non-hydrogen) atoms. The standard InChI is InChI=1S/C12H17FN2O2/c1-12(2,3)8-6-5-7-9(13)10(8)14-11(16)15-17-4/h5-7H,1-4H3,(H2,14,15,16). The van der Waals surface area contributed by atoms with E-state index in [1.54, 1.807) is 12.1 Å². The van der Waals surface area contributed by atoms with E-state index in [-0.39, 0.29) is 11.1 Å². The summed E-state index contributed by atoms with van der Waals surface area (Å²) in [6, 6.07) is 4.10. The number of anilines is 1. The predicted molar refractivity (Wildman–Crippen MR) is 64.3 cm³/mol. The van der Waals surface area contributed by atoms with Crippen molar-refractivity contribution in [3.8, 4) is 0 Å². The summed E-state index contributed by atoms with van der Waals surface area (Å²) in [5.74, 6) is -0.469. The van der Waals surface area contributed by atoms with Gasteiger partial charge in [-0.25, -0.2) is 14.7 Å². The molecule has 0 aliphatic rings. The number of hydrogen-bond acceptors (Lipinski definition) is 2. The zero-order valence-corrected chi connectivity index (χ0v) is 10.4. The molecule has 2 N–H and O–H groups in total. The first-order valence-corrected chi connectivity index (χ1v) is 5.25. The van der Waals surface area contributed by atoms with Gasteiger partial charge in [0.1, 0.15) is 5.82 Å². The maximum Gasteiger partial charge on any atom is 0.343 e. The van der Waals surface area contributed by atoms with E-state index in [4.69, 9.17) is 0 Å². The summed E-state index contributed by atoms with van der Waals surface area (Å²) in [4.78, 5) is 15.8. The smallest absolute Gasteiger partial charge is 0.303 e. The van der Waals surface area contributed by atoms with Crippen LogP contribution in [0.15, 0.2) is 18.2 Å². The van der Waals surface area contributed by atoms with Crippen LogP contribution in [0, 0.1) is 5.82 Å². The minimum absolute atomic E-state index is 0.176. The van der Waals surface area contributed by atoms with Crippen molar-refractivity contribution in [2.75, 3.05) is 12.4 Å². The van der Waals surface area contributed by atoms with Gasteiger partial charge in [0, 0.05) is 0 Å². The molecule has 0 fully saturated rings. The highest BCUT2D eigenvalue weighted by Crippen LogP contribution is 2.31. The van der Waals surface area contributed by atoms with E-state index in [0.29, 0.717) is 0 Å². The van der Waals surface area contributed by atoms with Gasteiger partial charge in [0.05, 0.1) is 12.8 Å². The molecular weight excluding hydrogens is 223 g/mol. The van der Waals surface area contributed by atoms with E-state index >= 15 is 0 Å². The Bertz CT molecular complexity index is 413. The summed E-state index contributed by atoms with van der Waals surface area (Å²) >= 11 is 0. The van der Waals surface area contributed by atoms with E-state index in [0.717, 1.165) is 5.56 Å². The molecule has 1 aromatic rings. The van der Waals surface area contributed by atoms with Gasteiger partial charge in [-0.05, 0) is 17.0 Å². The summed E-state index contributed by atoms with van der Waals surface area (Å²) in [7, 11) is 1.31. The van der Waals surface area contributed by atoms with Gasteiger partial charge in [-0.2, -0.15) is 0 Å².